The molecule has 0 aliphatic heterocycles. The van der Waals surface area contributed by atoms with Crippen molar-refractivity contribution in [2.45, 2.75) is 26.2 Å². The Bertz CT molecular complexity index is 362. The molecule has 0 rings (SSSR count). The number of hydrogen-bond acceptors (Lipinski definition) is 6. The topological polar surface area (TPSA) is 63.2 Å². The van der Waals surface area contributed by atoms with Gasteiger partial charge in [0.2, 0.25) is 16.6 Å². The molecule has 0 atom stereocenters. The molecule has 0 N–H and O–H groups in total. The van der Waals surface area contributed by atoms with Crippen LogP contribution in [0.3, 0.4) is 0 Å². The molecule has 22 heavy (non-hydrogen) atoms. The highest BCUT2D eigenvalue weighted by Gasteiger charge is 2.26. The van der Waals surface area contributed by atoms with Crippen LogP contribution in [0.15, 0.2) is 25.3 Å². The lowest BCUT2D eigenvalue weighted by molar-refractivity contribution is -0.274. The van der Waals surface area contributed by atoms with Gasteiger partial charge in [-0.15, -0.1) is 6.58 Å². The van der Waals surface area contributed by atoms with E-state index in [4.69, 9.17) is 22.7 Å². The Morgan fingerprint density at radius 3 is 2.05 bits per heavy atom. The monoisotopic (exact) mass is 380 g/mol. The number of esters is 1. The standard InChI is InChI=1S/C12H28O6Si4/c1-7-9-15-16-11-22(5,6)18-20-19-17-21(3,4)10-14-12(13)8-2/h7-8H,1-2,9-11,19-20H2,3-6H3. The molecule has 0 saturated heterocycles. The highest BCUT2D eigenvalue weighted by Crippen LogP contribution is 2.06. The van der Waals surface area contributed by atoms with Gasteiger partial charge in [-0.05, 0) is 26.2 Å². The first-order valence-corrected chi connectivity index (χ1v) is 18.5. The highest BCUT2D eigenvalue weighted by atomic mass is 29.2. The first kappa shape index (κ1) is 21.7. The van der Waals surface area contributed by atoms with E-state index < -0.39 is 41.2 Å². The Kier molecular flexibility index (Phi) is 11.1. The van der Waals surface area contributed by atoms with Crippen molar-refractivity contribution >= 4 is 41.2 Å². The summed E-state index contributed by atoms with van der Waals surface area (Å²) in [6.07, 6.45) is 3.66. The third kappa shape index (κ3) is 12.2. The van der Waals surface area contributed by atoms with Gasteiger partial charge in [0.1, 0.15) is 12.8 Å². The van der Waals surface area contributed by atoms with Crippen LogP contribution < -0.4 is 0 Å². The van der Waals surface area contributed by atoms with Crippen molar-refractivity contribution in [3.8, 4) is 0 Å². The van der Waals surface area contributed by atoms with Gasteiger partial charge >= 0.3 is 5.97 Å². The molecule has 0 amide bonds. The van der Waals surface area contributed by atoms with Crippen molar-refractivity contribution in [1.29, 1.82) is 0 Å². The molecule has 10 heteroatoms. The molecule has 0 unspecified atom stereocenters. The van der Waals surface area contributed by atoms with E-state index in [1.807, 2.05) is 13.1 Å². The fourth-order valence-electron chi connectivity index (χ4n) is 1.30. The molecule has 0 bridgehead atoms. The van der Waals surface area contributed by atoms with Crippen molar-refractivity contribution in [2.24, 2.45) is 0 Å². The second kappa shape index (κ2) is 11.2. The summed E-state index contributed by atoms with van der Waals surface area (Å²) in [6.45, 7) is 15.6. The van der Waals surface area contributed by atoms with Gasteiger partial charge in [-0.1, -0.05) is 12.7 Å². The van der Waals surface area contributed by atoms with Crippen LogP contribution in [0, 0.1) is 0 Å². The van der Waals surface area contributed by atoms with Crippen LogP contribution >= 0.6 is 0 Å². The Morgan fingerprint density at radius 2 is 1.55 bits per heavy atom. The molecule has 0 aromatic carbocycles. The zero-order valence-electron chi connectivity index (χ0n) is 14.1. The van der Waals surface area contributed by atoms with Gasteiger partial charge in [0, 0.05) is 6.08 Å². The summed E-state index contributed by atoms with van der Waals surface area (Å²) in [6, 6.07) is 0. The molecule has 128 valence electrons. The molecule has 0 aromatic heterocycles. The van der Waals surface area contributed by atoms with Crippen LogP contribution in [-0.2, 0) is 27.5 Å². The summed E-state index contributed by atoms with van der Waals surface area (Å²) in [5, 5.41) is 0. The number of carbonyl (C=O) groups excluding carboxylic acids is 1. The van der Waals surface area contributed by atoms with E-state index in [9.17, 15) is 4.79 Å². The molecule has 0 aliphatic rings. The second-order valence-corrected chi connectivity index (χ2v) is 19.1. The van der Waals surface area contributed by atoms with E-state index in [-0.39, 0.29) is 0 Å². The average molecular weight is 381 g/mol. The Labute approximate surface area is 139 Å². The normalized spacial score (nSPS) is 13.1. The van der Waals surface area contributed by atoms with Crippen molar-refractivity contribution in [3.63, 3.8) is 0 Å². The third-order valence-electron chi connectivity index (χ3n) is 2.47. The lowest BCUT2D eigenvalue weighted by atomic mass is 10.7. The Hall–Kier alpha value is -0.342. The molecule has 0 saturated carbocycles. The summed E-state index contributed by atoms with van der Waals surface area (Å²) in [7, 11) is -5.11. The summed E-state index contributed by atoms with van der Waals surface area (Å²) < 4.78 is 17.1. The zero-order chi connectivity index (χ0) is 17.1. The van der Waals surface area contributed by atoms with Gasteiger partial charge in [0.25, 0.3) is 0 Å². The number of carbonyl (C=O) groups is 1. The fourth-order valence-corrected chi connectivity index (χ4v) is 19.4. The minimum absolute atomic E-state index is 0.360. The van der Waals surface area contributed by atoms with Crippen LogP contribution in [0.1, 0.15) is 0 Å². The predicted octanol–water partition coefficient (Wildman–Crippen LogP) is 0.454. The van der Waals surface area contributed by atoms with Crippen molar-refractivity contribution in [1.82, 2.24) is 0 Å². The maximum Gasteiger partial charge on any atom is 0.329 e. The van der Waals surface area contributed by atoms with Crippen LogP contribution in [0.4, 0.5) is 0 Å². The van der Waals surface area contributed by atoms with E-state index in [1.165, 1.54) is 6.08 Å². The summed E-state index contributed by atoms with van der Waals surface area (Å²) in [5.74, 6) is -0.399. The minimum Gasteiger partial charge on any atom is -0.463 e. The SMILES string of the molecule is C=CCOOC[Si](C)(C)O[SiH2][SiH2]O[Si](C)(C)COC(=O)C=C. The molecule has 0 heterocycles. The Balaban J connectivity index is 3.86. The van der Waals surface area contributed by atoms with Crippen molar-refractivity contribution in [3.05, 3.63) is 25.3 Å². The van der Waals surface area contributed by atoms with Crippen LogP contribution in [-0.4, -0.2) is 60.2 Å². The van der Waals surface area contributed by atoms with Gasteiger partial charge in [-0.3, -0.25) is 0 Å². The Morgan fingerprint density at radius 1 is 1.00 bits per heavy atom. The average Bonchev–Trinajstić information content (AvgIpc) is 2.46. The van der Waals surface area contributed by atoms with E-state index in [2.05, 4.69) is 26.3 Å². The second-order valence-electron chi connectivity index (χ2n) is 5.86. The fraction of sp³-hybridized carbons (Fsp3) is 0.583. The van der Waals surface area contributed by atoms with Crippen LogP contribution in [0.2, 0.25) is 26.2 Å². The first-order chi connectivity index (χ1) is 10.2. The number of hydrogen-bond donors (Lipinski definition) is 0. The quantitative estimate of drug-likeness (QED) is 0.0879. The number of rotatable bonds is 13. The molecule has 0 aliphatic carbocycles. The van der Waals surface area contributed by atoms with Gasteiger partial charge in [-0.2, -0.15) is 0 Å². The smallest absolute Gasteiger partial charge is 0.329 e. The lowest BCUT2D eigenvalue weighted by Gasteiger charge is -2.25. The highest BCUT2D eigenvalue weighted by molar-refractivity contribution is 7.00. The maximum atomic E-state index is 11.1. The van der Waals surface area contributed by atoms with E-state index in [0.29, 0.717) is 19.1 Å². The summed E-state index contributed by atoms with van der Waals surface area (Å²) in [4.78, 5) is 21.1. The van der Waals surface area contributed by atoms with E-state index in [0.717, 1.165) is 0 Å². The van der Waals surface area contributed by atoms with Crippen molar-refractivity contribution < 1.29 is 27.5 Å². The van der Waals surface area contributed by atoms with Gasteiger partial charge < -0.3 is 13.0 Å². The molecular weight excluding hydrogens is 352 g/mol. The van der Waals surface area contributed by atoms with Gasteiger partial charge in [0.15, 0.2) is 18.6 Å². The van der Waals surface area contributed by atoms with Gasteiger partial charge in [-0.25, -0.2) is 14.6 Å². The van der Waals surface area contributed by atoms with E-state index >= 15 is 0 Å². The molecule has 0 spiro atoms. The molecule has 0 fully saturated rings. The largest absolute Gasteiger partial charge is 0.463 e. The molecule has 6 nitrogen and oxygen atoms in total. The number of ether oxygens (including phenoxy) is 1. The van der Waals surface area contributed by atoms with Gasteiger partial charge in [0.05, 0.1) is 6.23 Å². The third-order valence-corrected chi connectivity index (χ3v) is 16.4. The molecule has 0 aromatic rings. The summed E-state index contributed by atoms with van der Waals surface area (Å²) >= 11 is 0. The van der Waals surface area contributed by atoms with Crippen LogP contribution in [0.5, 0.6) is 0 Å². The minimum atomic E-state index is -1.94. The summed E-state index contributed by atoms with van der Waals surface area (Å²) in [5.41, 5.74) is 0. The predicted molar refractivity (Wildman–Crippen MR) is 97.5 cm³/mol. The molecule has 0 radical (unpaired) electrons. The van der Waals surface area contributed by atoms with E-state index in [1.54, 1.807) is 6.08 Å². The maximum absolute atomic E-state index is 11.1. The van der Waals surface area contributed by atoms with Crippen LogP contribution in [0.25, 0.3) is 0 Å². The van der Waals surface area contributed by atoms with Crippen molar-refractivity contribution in [2.75, 3.05) is 19.1 Å². The lowest BCUT2D eigenvalue weighted by Crippen LogP contribution is -2.44. The molecular formula is C12H28O6Si4. The zero-order valence-corrected chi connectivity index (χ0v) is 18.9. The first-order valence-electron chi connectivity index (χ1n) is 7.15.